The van der Waals surface area contributed by atoms with Gasteiger partial charge in [-0.3, -0.25) is 4.79 Å². The molecule has 3 rings (SSSR count). The summed E-state index contributed by atoms with van der Waals surface area (Å²) in [6, 6.07) is 15.2. The van der Waals surface area contributed by atoms with E-state index >= 15 is 0 Å². The highest BCUT2D eigenvalue weighted by molar-refractivity contribution is 6.00. The van der Waals surface area contributed by atoms with Crippen LogP contribution in [-0.2, 0) is 11.2 Å². The molecule has 1 atom stereocenters. The van der Waals surface area contributed by atoms with Gasteiger partial charge in [0.25, 0.3) is 0 Å². The van der Waals surface area contributed by atoms with Gasteiger partial charge in [0.1, 0.15) is 11.5 Å². The normalized spacial score (nSPS) is 16.2. The van der Waals surface area contributed by atoms with E-state index in [4.69, 9.17) is 9.47 Å². The summed E-state index contributed by atoms with van der Waals surface area (Å²) in [5.74, 6) is 1.10. The minimum Gasteiger partial charge on any atom is -0.456 e. The zero-order chi connectivity index (χ0) is 21.3. The number of ether oxygens (including phenoxy) is 2. The van der Waals surface area contributed by atoms with Crippen LogP contribution >= 0.6 is 0 Å². The Morgan fingerprint density at radius 3 is 2.53 bits per heavy atom. The third kappa shape index (κ3) is 5.41. The lowest BCUT2D eigenvalue weighted by Gasteiger charge is -2.31. The minimum absolute atomic E-state index is 0.0191. The van der Waals surface area contributed by atoms with Crippen molar-refractivity contribution in [2.45, 2.75) is 46.0 Å². The number of carbonyl (C=O) groups excluding carboxylic acids is 2. The first-order valence-electron chi connectivity index (χ1n) is 10.9. The fourth-order valence-electron chi connectivity index (χ4n) is 3.75. The van der Waals surface area contributed by atoms with Crippen molar-refractivity contribution in [3.63, 3.8) is 0 Å². The molecule has 0 aromatic heterocycles. The third-order valence-corrected chi connectivity index (χ3v) is 5.50. The van der Waals surface area contributed by atoms with Gasteiger partial charge in [-0.05, 0) is 49.4 Å². The molecule has 5 heteroatoms. The van der Waals surface area contributed by atoms with E-state index in [0.717, 1.165) is 43.4 Å². The van der Waals surface area contributed by atoms with Crippen LogP contribution in [0.4, 0.5) is 4.79 Å². The molecule has 0 saturated carbocycles. The van der Waals surface area contributed by atoms with Crippen molar-refractivity contribution < 1.29 is 19.1 Å². The van der Waals surface area contributed by atoms with Gasteiger partial charge in [0.15, 0.2) is 5.78 Å². The molecule has 1 aliphatic rings. The molecular formula is C25H31NO4. The number of hydrogen-bond acceptors (Lipinski definition) is 4. The van der Waals surface area contributed by atoms with Crippen LogP contribution in [-0.4, -0.2) is 36.5 Å². The average Bonchev–Trinajstić information content (AvgIpc) is 2.79. The number of amides is 1. The SMILES string of the molecule is CCCCOC(=O)N1CCCC(C(=O)c2ccccc2Oc2ccccc2CC)C1. The van der Waals surface area contributed by atoms with Gasteiger partial charge >= 0.3 is 6.09 Å². The molecule has 5 nitrogen and oxygen atoms in total. The van der Waals surface area contributed by atoms with Gasteiger partial charge in [-0.15, -0.1) is 0 Å². The molecule has 1 amide bonds. The lowest BCUT2D eigenvalue weighted by atomic mass is 9.89. The number of Topliss-reactive ketones (excluding diaryl/α,β-unsaturated/α-hetero) is 1. The third-order valence-electron chi connectivity index (χ3n) is 5.50. The van der Waals surface area contributed by atoms with E-state index in [2.05, 4.69) is 13.8 Å². The second kappa shape index (κ2) is 10.8. The molecule has 1 aliphatic heterocycles. The Morgan fingerprint density at radius 2 is 1.77 bits per heavy atom. The summed E-state index contributed by atoms with van der Waals surface area (Å²) in [7, 11) is 0. The summed E-state index contributed by atoms with van der Waals surface area (Å²) >= 11 is 0. The van der Waals surface area contributed by atoms with E-state index in [9.17, 15) is 9.59 Å². The van der Waals surface area contributed by atoms with E-state index < -0.39 is 0 Å². The number of carbonyl (C=O) groups is 2. The maximum atomic E-state index is 13.3. The van der Waals surface area contributed by atoms with E-state index in [1.807, 2.05) is 48.5 Å². The zero-order valence-corrected chi connectivity index (χ0v) is 17.9. The average molecular weight is 410 g/mol. The lowest BCUT2D eigenvalue weighted by Crippen LogP contribution is -2.42. The van der Waals surface area contributed by atoms with Crippen molar-refractivity contribution in [2.75, 3.05) is 19.7 Å². The van der Waals surface area contributed by atoms with E-state index in [1.54, 1.807) is 4.90 Å². The quantitative estimate of drug-likeness (QED) is 0.404. The van der Waals surface area contributed by atoms with Crippen LogP contribution in [0.1, 0.15) is 55.5 Å². The fourth-order valence-corrected chi connectivity index (χ4v) is 3.75. The number of benzene rings is 2. The van der Waals surface area contributed by atoms with E-state index in [-0.39, 0.29) is 17.8 Å². The molecule has 30 heavy (non-hydrogen) atoms. The molecule has 0 bridgehead atoms. The first kappa shape index (κ1) is 21.9. The highest BCUT2D eigenvalue weighted by atomic mass is 16.6. The molecule has 2 aromatic carbocycles. The Balaban J connectivity index is 1.73. The molecule has 160 valence electrons. The Bertz CT molecular complexity index is 864. The maximum Gasteiger partial charge on any atom is 0.409 e. The molecule has 1 heterocycles. The molecule has 1 saturated heterocycles. The predicted molar refractivity (Wildman–Crippen MR) is 117 cm³/mol. The van der Waals surface area contributed by atoms with E-state index in [1.165, 1.54) is 0 Å². The first-order chi connectivity index (χ1) is 14.6. The highest BCUT2D eigenvalue weighted by Gasteiger charge is 2.31. The van der Waals surface area contributed by atoms with Gasteiger partial charge in [-0.1, -0.05) is 50.6 Å². The Hall–Kier alpha value is -2.82. The van der Waals surface area contributed by atoms with Crippen molar-refractivity contribution in [2.24, 2.45) is 5.92 Å². The van der Waals surface area contributed by atoms with Crippen LogP contribution < -0.4 is 4.74 Å². The summed E-state index contributed by atoms with van der Waals surface area (Å²) in [6.07, 6.45) is 3.92. The summed E-state index contributed by atoms with van der Waals surface area (Å²) in [5, 5.41) is 0. The molecular weight excluding hydrogens is 378 g/mol. The monoisotopic (exact) mass is 409 g/mol. The van der Waals surface area contributed by atoms with Gasteiger partial charge in [-0.2, -0.15) is 0 Å². The minimum atomic E-state index is -0.317. The number of para-hydroxylation sites is 2. The van der Waals surface area contributed by atoms with Crippen LogP contribution in [0.25, 0.3) is 0 Å². The van der Waals surface area contributed by atoms with Gasteiger partial charge in [0.2, 0.25) is 0 Å². The van der Waals surface area contributed by atoms with Crippen LogP contribution in [0, 0.1) is 5.92 Å². The number of nitrogens with zero attached hydrogens (tertiary/aromatic N) is 1. The number of hydrogen-bond donors (Lipinski definition) is 0. The highest BCUT2D eigenvalue weighted by Crippen LogP contribution is 2.31. The molecule has 1 fully saturated rings. The number of rotatable bonds is 8. The lowest BCUT2D eigenvalue weighted by molar-refractivity contribution is 0.0708. The van der Waals surface area contributed by atoms with Crippen molar-refractivity contribution in [1.29, 1.82) is 0 Å². The van der Waals surface area contributed by atoms with Gasteiger partial charge in [0.05, 0.1) is 12.2 Å². The van der Waals surface area contributed by atoms with Crippen LogP contribution in [0.2, 0.25) is 0 Å². The maximum absolute atomic E-state index is 13.3. The number of ketones is 1. The molecule has 2 aromatic rings. The summed E-state index contributed by atoms with van der Waals surface area (Å²) in [6.45, 7) is 5.59. The predicted octanol–water partition coefficient (Wildman–Crippen LogP) is 5.87. The largest absolute Gasteiger partial charge is 0.456 e. The molecule has 0 aliphatic carbocycles. The Kier molecular flexibility index (Phi) is 7.89. The molecule has 1 unspecified atom stereocenters. The smallest absolute Gasteiger partial charge is 0.409 e. The van der Waals surface area contributed by atoms with Gasteiger partial charge < -0.3 is 14.4 Å². The fraction of sp³-hybridized carbons (Fsp3) is 0.440. The standard InChI is InChI=1S/C25H31NO4/c1-3-5-17-29-25(28)26-16-10-12-20(18-26)24(27)21-13-7-9-15-23(21)30-22-14-8-6-11-19(22)4-2/h6-9,11,13-15,20H,3-5,10,12,16-18H2,1-2H3. The molecule has 0 spiro atoms. The van der Waals surface area contributed by atoms with Crippen molar-refractivity contribution in [1.82, 2.24) is 4.90 Å². The number of piperidine rings is 1. The van der Waals surface area contributed by atoms with E-state index in [0.29, 0.717) is 31.0 Å². The zero-order valence-electron chi connectivity index (χ0n) is 17.9. The number of unbranched alkanes of at least 4 members (excludes halogenated alkanes) is 1. The number of aryl methyl sites for hydroxylation is 1. The summed E-state index contributed by atoms with van der Waals surface area (Å²) in [4.78, 5) is 27.3. The first-order valence-corrected chi connectivity index (χ1v) is 10.9. The van der Waals surface area contributed by atoms with Crippen LogP contribution in [0.15, 0.2) is 48.5 Å². The van der Waals surface area contributed by atoms with Gasteiger partial charge in [-0.25, -0.2) is 4.79 Å². The topological polar surface area (TPSA) is 55.8 Å². The van der Waals surface area contributed by atoms with Crippen molar-refractivity contribution >= 4 is 11.9 Å². The van der Waals surface area contributed by atoms with Crippen molar-refractivity contribution in [3.05, 3.63) is 59.7 Å². The second-order valence-electron chi connectivity index (χ2n) is 7.68. The molecule has 0 radical (unpaired) electrons. The summed E-state index contributed by atoms with van der Waals surface area (Å²) in [5.41, 5.74) is 1.66. The Labute approximate surface area is 179 Å². The number of likely N-dealkylation sites (tertiary alicyclic amines) is 1. The van der Waals surface area contributed by atoms with Crippen LogP contribution in [0.3, 0.4) is 0 Å². The van der Waals surface area contributed by atoms with Crippen LogP contribution in [0.5, 0.6) is 11.5 Å². The second-order valence-corrected chi connectivity index (χ2v) is 7.68. The van der Waals surface area contributed by atoms with Crippen molar-refractivity contribution in [3.8, 4) is 11.5 Å². The summed E-state index contributed by atoms with van der Waals surface area (Å²) < 4.78 is 11.5. The Morgan fingerprint density at radius 1 is 1.03 bits per heavy atom. The van der Waals surface area contributed by atoms with Gasteiger partial charge in [0, 0.05) is 19.0 Å². The molecule has 0 N–H and O–H groups in total.